The molecule has 0 amide bonds. The number of hydrogen-bond donors (Lipinski definition) is 1. The summed E-state index contributed by atoms with van der Waals surface area (Å²) < 4.78 is 11.0. The Bertz CT molecular complexity index is 727. The molecule has 1 aliphatic heterocycles. The molecule has 0 radical (unpaired) electrons. The van der Waals surface area contributed by atoms with E-state index in [9.17, 15) is 14.7 Å². The number of aliphatic hydroxyl groups excluding tert-OH is 1. The molecule has 28 heavy (non-hydrogen) atoms. The Morgan fingerprint density at radius 2 is 1.96 bits per heavy atom. The number of ether oxygens (including phenoxy) is 2. The molecule has 1 aliphatic rings. The molecule has 0 aromatic heterocycles. The summed E-state index contributed by atoms with van der Waals surface area (Å²) in [6.45, 7) is 12.6. The standard InChI is InChI=1S/C23H34O5/c1-7-27-20(26)13-17(25)12-16(24)9-10-18-19(22(2,3)4)11-8-15-14-23(5,6)28-21(15)18/h8,11,16,24H,7,9-10,12-14H2,1-6H3. The molecule has 1 aromatic rings. The normalized spacial score (nSPS) is 16.2. The van der Waals surface area contributed by atoms with Crippen molar-refractivity contribution in [2.75, 3.05) is 6.61 Å². The highest BCUT2D eigenvalue weighted by atomic mass is 16.5. The fourth-order valence-electron chi connectivity index (χ4n) is 3.79. The lowest BCUT2D eigenvalue weighted by Crippen LogP contribution is -2.25. The topological polar surface area (TPSA) is 72.8 Å². The van der Waals surface area contributed by atoms with Crippen LogP contribution in [-0.2, 0) is 32.6 Å². The molecule has 1 heterocycles. The van der Waals surface area contributed by atoms with Crippen LogP contribution in [-0.4, -0.2) is 35.2 Å². The van der Waals surface area contributed by atoms with Crippen molar-refractivity contribution >= 4 is 11.8 Å². The molecule has 0 saturated heterocycles. The quantitative estimate of drug-likeness (QED) is 0.538. The average molecular weight is 391 g/mol. The number of Topliss-reactive ketones (excluding diaryl/α,β-unsaturated/α-hetero) is 1. The van der Waals surface area contributed by atoms with Gasteiger partial charge in [0, 0.05) is 12.8 Å². The lowest BCUT2D eigenvalue weighted by atomic mass is 9.81. The summed E-state index contributed by atoms with van der Waals surface area (Å²) in [5, 5.41) is 10.4. The van der Waals surface area contributed by atoms with Crippen molar-refractivity contribution in [2.45, 2.75) is 90.8 Å². The highest BCUT2D eigenvalue weighted by Crippen LogP contribution is 2.42. The first-order valence-electron chi connectivity index (χ1n) is 10.1. The van der Waals surface area contributed by atoms with Crippen LogP contribution in [0, 0.1) is 0 Å². The Balaban J connectivity index is 2.10. The number of carbonyl (C=O) groups is 2. The molecule has 0 bridgehead atoms. The second-order valence-electron chi connectivity index (χ2n) is 9.29. The smallest absolute Gasteiger partial charge is 0.313 e. The van der Waals surface area contributed by atoms with Crippen LogP contribution in [0.15, 0.2) is 12.1 Å². The molecule has 1 aromatic carbocycles. The third-order valence-electron chi connectivity index (χ3n) is 4.98. The fourth-order valence-corrected chi connectivity index (χ4v) is 3.79. The maximum atomic E-state index is 12.0. The molecule has 1 unspecified atom stereocenters. The predicted octanol–water partition coefficient (Wildman–Crippen LogP) is 3.90. The predicted molar refractivity (Wildman–Crippen MR) is 109 cm³/mol. The molecule has 1 N–H and O–H groups in total. The van der Waals surface area contributed by atoms with Crippen LogP contribution < -0.4 is 4.74 Å². The summed E-state index contributed by atoms with van der Waals surface area (Å²) in [4.78, 5) is 23.4. The van der Waals surface area contributed by atoms with E-state index in [0.717, 1.165) is 17.7 Å². The third kappa shape index (κ3) is 5.81. The van der Waals surface area contributed by atoms with Gasteiger partial charge in [-0.2, -0.15) is 0 Å². The SMILES string of the molecule is CCOC(=O)CC(=O)CC(O)CCc1c(C(C)(C)C)ccc2c1OC(C)(C)C2. The van der Waals surface area contributed by atoms with Crippen LogP contribution >= 0.6 is 0 Å². The lowest BCUT2D eigenvalue weighted by molar-refractivity contribution is -0.145. The number of hydrogen-bond acceptors (Lipinski definition) is 5. The molecule has 1 atom stereocenters. The van der Waals surface area contributed by atoms with E-state index in [1.807, 2.05) is 0 Å². The number of fused-ring (bicyclic) bond motifs is 1. The van der Waals surface area contributed by atoms with Crippen molar-refractivity contribution in [3.8, 4) is 5.75 Å². The van der Waals surface area contributed by atoms with E-state index in [-0.39, 0.29) is 36.2 Å². The van der Waals surface area contributed by atoms with Crippen molar-refractivity contribution in [3.05, 3.63) is 28.8 Å². The number of rotatable bonds is 8. The minimum atomic E-state index is -0.792. The van der Waals surface area contributed by atoms with E-state index < -0.39 is 12.1 Å². The second kappa shape index (κ2) is 8.64. The van der Waals surface area contributed by atoms with Crippen LogP contribution in [0.5, 0.6) is 5.75 Å². The molecule has 5 nitrogen and oxygen atoms in total. The molecule has 0 spiro atoms. The van der Waals surface area contributed by atoms with E-state index in [0.29, 0.717) is 12.8 Å². The van der Waals surface area contributed by atoms with Crippen molar-refractivity contribution < 1.29 is 24.2 Å². The van der Waals surface area contributed by atoms with E-state index in [4.69, 9.17) is 9.47 Å². The summed E-state index contributed by atoms with van der Waals surface area (Å²) in [6.07, 6.45) is 0.819. The van der Waals surface area contributed by atoms with Gasteiger partial charge in [-0.05, 0) is 55.7 Å². The summed E-state index contributed by atoms with van der Waals surface area (Å²) in [5.41, 5.74) is 3.23. The first kappa shape index (κ1) is 22.4. The minimum Gasteiger partial charge on any atom is -0.487 e. The maximum absolute atomic E-state index is 12.0. The largest absolute Gasteiger partial charge is 0.487 e. The highest BCUT2D eigenvalue weighted by Gasteiger charge is 2.34. The Hall–Kier alpha value is -1.88. The van der Waals surface area contributed by atoms with Crippen LogP contribution in [0.4, 0.5) is 0 Å². The summed E-state index contributed by atoms with van der Waals surface area (Å²) in [7, 11) is 0. The van der Waals surface area contributed by atoms with Gasteiger partial charge in [0.05, 0.1) is 12.7 Å². The monoisotopic (exact) mass is 390 g/mol. The van der Waals surface area contributed by atoms with Gasteiger partial charge in [0.1, 0.15) is 23.6 Å². The highest BCUT2D eigenvalue weighted by molar-refractivity contribution is 5.95. The molecule has 5 heteroatoms. The zero-order valence-corrected chi connectivity index (χ0v) is 18.1. The van der Waals surface area contributed by atoms with Gasteiger partial charge >= 0.3 is 5.97 Å². The van der Waals surface area contributed by atoms with Gasteiger partial charge in [0.15, 0.2) is 0 Å². The van der Waals surface area contributed by atoms with Gasteiger partial charge in [-0.3, -0.25) is 9.59 Å². The van der Waals surface area contributed by atoms with E-state index in [2.05, 4.69) is 46.8 Å². The van der Waals surface area contributed by atoms with Crippen LogP contribution in [0.1, 0.15) is 77.5 Å². The summed E-state index contributed by atoms with van der Waals surface area (Å²) in [6, 6.07) is 4.31. The number of esters is 1. The first-order chi connectivity index (χ1) is 12.9. The summed E-state index contributed by atoms with van der Waals surface area (Å²) >= 11 is 0. The average Bonchev–Trinajstić information content (AvgIpc) is 2.85. The fraction of sp³-hybridized carbons (Fsp3) is 0.652. The Morgan fingerprint density at radius 1 is 1.29 bits per heavy atom. The van der Waals surface area contributed by atoms with Gasteiger partial charge in [-0.1, -0.05) is 32.9 Å². The van der Waals surface area contributed by atoms with E-state index >= 15 is 0 Å². The molecular weight excluding hydrogens is 356 g/mol. The number of ketones is 1. The van der Waals surface area contributed by atoms with Crippen molar-refractivity contribution in [2.24, 2.45) is 0 Å². The molecule has 0 saturated carbocycles. The van der Waals surface area contributed by atoms with Gasteiger partial charge in [-0.15, -0.1) is 0 Å². The van der Waals surface area contributed by atoms with Crippen LogP contribution in [0.25, 0.3) is 0 Å². The van der Waals surface area contributed by atoms with Gasteiger partial charge in [0.25, 0.3) is 0 Å². The zero-order chi connectivity index (χ0) is 21.1. The van der Waals surface area contributed by atoms with Crippen LogP contribution in [0.3, 0.4) is 0 Å². The third-order valence-corrected chi connectivity index (χ3v) is 4.98. The molecule has 156 valence electrons. The molecule has 0 aliphatic carbocycles. The summed E-state index contributed by atoms with van der Waals surface area (Å²) in [5.74, 6) is 0.103. The molecule has 0 fully saturated rings. The Kier molecular flexibility index (Phi) is 6.92. The van der Waals surface area contributed by atoms with Crippen molar-refractivity contribution in [1.82, 2.24) is 0 Å². The second-order valence-corrected chi connectivity index (χ2v) is 9.29. The van der Waals surface area contributed by atoms with Crippen molar-refractivity contribution in [3.63, 3.8) is 0 Å². The number of benzene rings is 1. The number of aliphatic hydroxyl groups is 1. The maximum Gasteiger partial charge on any atom is 0.313 e. The Morgan fingerprint density at radius 3 is 2.57 bits per heavy atom. The first-order valence-corrected chi connectivity index (χ1v) is 10.1. The van der Waals surface area contributed by atoms with E-state index in [1.54, 1.807) is 6.92 Å². The van der Waals surface area contributed by atoms with Gasteiger partial charge in [0.2, 0.25) is 0 Å². The van der Waals surface area contributed by atoms with Crippen LogP contribution in [0.2, 0.25) is 0 Å². The zero-order valence-electron chi connectivity index (χ0n) is 18.1. The lowest BCUT2D eigenvalue weighted by Gasteiger charge is -2.26. The Labute approximate surface area is 168 Å². The molecular formula is C23H34O5. The van der Waals surface area contributed by atoms with Gasteiger partial charge < -0.3 is 14.6 Å². The van der Waals surface area contributed by atoms with Crippen molar-refractivity contribution in [1.29, 1.82) is 0 Å². The van der Waals surface area contributed by atoms with Gasteiger partial charge in [-0.25, -0.2) is 0 Å². The minimum absolute atomic E-state index is 0.0367. The number of carbonyl (C=O) groups excluding carboxylic acids is 2. The van der Waals surface area contributed by atoms with E-state index in [1.165, 1.54) is 11.1 Å². The molecule has 2 rings (SSSR count).